The van der Waals surface area contributed by atoms with E-state index in [2.05, 4.69) is 34.4 Å². The van der Waals surface area contributed by atoms with Crippen molar-refractivity contribution in [1.29, 1.82) is 0 Å². The summed E-state index contributed by atoms with van der Waals surface area (Å²) >= 11 is 0. The van der Waals surface area contributed by atoms with Gasteiger partial charge in [0, 0.05) is 6.20 Å². The first-order chi connectivity index (χ1) is 11.2. The Morgan fingerprint density at radius 2 is 2.22 bits per heavy atom. The van der Waals surface area contributed by atoms with E-state index < -0.39 is 5.97 Å². The summed E-state index contributed by atoms with van der Waals surface area (Å²) in [6.45, 7) is 3.09. The van der Waals surface area contributed by atoms with E-state index in [1.54, 1.807) is 17.1 Å². The van der Waals surface area contributed by atoms with Crippen LogP contribution in [0.4, 0.5) is 0 Å². The van der Waals surface area contributed by atoms with Crippen LogP contribution in [0, 0.1) is 11.8 Å². The third-order valence-corrected chi connectivity index (χ3v) is 4.14. The van der Waals surface area contributed by atoms with Crippen LogP contribution in [0.3, 0.4) is 0 Å². The lowest BCUT2D eigenvalue weighted by Gasteiger charge is -2.24. The normalized spacial score (nSPS) is 20.4. The topological polar surface area (TPSA) is 69.9 Å². The summed E-state index contributed by atoms with van der Waals surface area (Å²) < 4.78 is 6.99. The number of aromatic nitrogens is 4. The molecule has 0 aromatic carbocycles. The minimum atomic E-state index is -0.418. The van der Waals surface area contributed by atoms with E-state index in [1.807, 2.05) is 18.2 Å². The van der Waals surface area contributed by atoms with E-state index in [-0.39, 0.29) is 5.69 Å². The molecule has 0 bridgehead atoms. The highest BCUT2D eigenvalue weighted by atomic mass is 16.5. The van der Waals surface area contributed by atoms with Gasteiger partial charge in [-0.15, -0.1) is 5.10 Å². The molecule has 0 fully saturated rings. The minimum absolute atomic E-state index is 0.236. The van der Waals surface area contributed by atoms with Crippen molar-refractivity contribution in [3.8, 4) is 0 Å². The second-order valence-electron chi connectivity index (χ2n) is 5.90. The largest absolute Gasteiger partial charge is 0.461 e. The highest BCUT2D eigenvalue weighted by Crippen LogP contribution is 2.25. The van der Waals surface area contributed by atoms with Gasteiger partial charge in [0.05, 0.1) is 25.0 Å². The lowest BCUT2D eigenvalue weighted by atomic mass is 9.85. The van der Waals surface area contributed by atoms with Gasteiger partial charge in [-0.05, 0) is 36.8 Å². The van der Waals surface area contributed by atoms with Gasteiger partial charge in [0.15, 0.2) is 5.69 Å². The van der Waals surface area contributed by atoms with Gasteiger partial charge in [0.25, 0.3) is 0 Å². The molecule has 0 N–H and O–H groups in total. The molecule has 23 heavy (non-hydrogen) atoms. The molecule has 0 spiro atoms. The van der Waals surface area contributed by atoms with Crippen molar-refractivity contribution in [3.63, 3.8) is 0 Å². The van der Waals surface area contributed by atoms with Crippen LogP contribution >= 0.6 is 0 Å². The third-order valence-electron chi connectivity index (χ3n) is 4.14. The van der Waals surface area contributed by atoms with Crippen molar-refractivity contribution in [1.82, 2.24) is 20.0 Å². The smallest absolute Gasteiger partial charge is 0.360 e. The zero-order valence-corrected chi connectivity index (χ0v) is 13.1. The fourth-order valence-corrected chi connectivity index (χ4v) is 2.62. The molecule has 2 heterocycles. The average Bonchev–Trinajstić information content (AvgIpc) is 3.03. The van der Waals surface area contributed by atoms with Crippen LogP contribution in [0.1, 0.15) is 35.9 Å². The Bertz CT molecular complexity index is 681. The summed E-state index contributed by atoms with van der Waals surface area (Å²) in [6, 6.07) is 5.67. The van der Waals surface area contributed by atoms with Gasteiger partial charge in [-0.2, -0.15) is 0 Å². The molecule has 2 aromatic heterocycles. The van der Waals surface area contributed by atoms with Crippen LogP contribution < -0.4 is 0 Å². The van der Waals surface area contributed by atoms with E-state index >= 15 is 0 Å². The molecular weight excluding hydrogens is 292 g/mol. The van der Waals surface area contributed by atoms with Crippen molar-refractivity contribution < 1.29 is 9.53 Å². The molecule has 3 rings (SSSR count). The first kappa shape index (κ1) is 15.4. The molecule has 1 aliphatic rings. The van der Waals surface area contributed by atoms with E-state index in [0.29, 0.717) is 25.0 Å². The highest BCUT2D eigenvalue weighted by Gasteiger charge is 2.21. The van der Waals surface area contributed by atoms with Crippen molar-refractivity contribution >= 4 is 5.97 Å². The van der Waals surface area contributed by atoms with Gasteiger partial charge in [-0.25, -0.2) is 9.48 Å². The molecule has 0 saturated carbocycles. The molecule has 0 amide bonds. The first-order valence-corrected chi connectivity index (χ1v) is 7.84. The van der Waals surface area contributed by atoms with Gasteiger partial charge in [0.2, 0.25) is 0 Å². The number of hydrogen-bond acceptors (Lipinski definition) is 5. The number of rotatable bonds is 5. The summed E-state index contributed by atoms with van der Waals surface area (Å²) in [4.78, 5) is 16.3. The van der Waals surface area contributed by atoms with Gasteiger partial charge in [0.1, 0.15) is 0 Å². The average molecular weight is 312 g/mol. The number of esters is 1. The number of ether oxygens (including phenoxy) is 1. The molecule has 0 saturated heterocycles. The molecule has 0 aliphatic heterocycles. The molecular formula is C17H20N4O2. The molecule has 6 heteroatoms. The molecule has 120 valence electrons. The maximum Gasteiger partial charge on any atom is 0.360 e. The lowest BCUT2D eigenvalue weighted by molar-refractivity contribution is 0.0388. The van der Waals surface area contributed by atoms with Crippen molar-refractivity contribution in [2.75, 3.05) is 6.61 Å². The molecule has 2 atom stereocenters. The Morgan fingerprint density at radius 3 is 3.00 bits per heavy atom. The lowest BCUT2D eigenvalue weighted by Crippen LogP contribution is -2.21. The maximum absolute atomic E-state index is 12.1. The standard InChI is InChI=1S/C17H20N4O2/c1-13-6-2-3-7-14(13)12-23-17(22)16-11-21(20-19-16)10-15-8-4-5-9-18-15/h2-5,8-9,11,13-14H,6-7,10,12H2,1H3/t13-,14+/m0/s1. The SMILES string of the molecule is C[C@H]1CC=CC[C@@H]1COC(=O)c1cn(Cc2ccccn2)nn1. The second-order valence-corrected chi connectivity index (χ2v) is 5.90. The zero-order valence-electron chi connectivity index (χ0n) is 13.1. The number of carbonyl (C=O) groups excluding carboxylic acids is 1. The summed E-state index contributed by atoms with van der Waals surface area (Å²) in [7, 11) is 0. The number of carbonyl (C=O) groups is 1. The summed E-state index contributed by atoms with van der Waals surface area (Å²) in [5.74, 6) is 0.499. The molecule has 6 nitrogen and oxygen atoms in total. The van der Waals surface area contributed by atoms with Crippen molar-refractivity contribution in [2.24, 2.45) is 11.8 Å². The van der Waals surface area contributed by atoms with Crippen molar-refractivity contribution in [3.05, 3.63) is 54.1 Å². The number of nitrogens with zero attached hydrogens (tertiary/aromatic N) is 4. The third kappa shape index (κ3) is 4.03. The van der Waals surface area contributed by atoms with E-state index in [4.69, 9.17) is 4.74 Å². The van der Waals surface area contributed by atoms with Crippen LogP contribution in [0.25, 0.3) is 0 Å². The van der Waals surface area contributed by atoms with Crippen LogP contribution in [0.5, 0.6) is 0 Å². The van der Waals surface area contributed by atoms with Gasteiger partial charge in [-0.1, -0.05) is 30.4 Å². The summed E-state index contributed by atoms with van der Waals surface area (Å²) in [5, 5.41) is 7.85. The number of hydrogen-bond donors (Lipinski definition) is 0. The predicted octanol–water partition coefficient (Wildman–Crippen LogP) is 2.48. The Kier molecular flexibility index (Phi) is 4.80. The Morgan fingerprint density at radius 1 is 1.35 bits per heavy atom. The Hall–Kier alpha value is -2.50. The van der Waals surface area contributed by atoms with Crippen molar-refractivity contribution in [2.45, 2.75) is 26.3 Å². The quantitative estimate of drug-likeness (QED) is 0.626. The minimum Gasteiger partial charge on any atom is -0.461 e. The second kappa shape index (κ2) is 7.17. The fourth-order valence-electron chi connectivity index (χ4n) is 2.62. The van der Waals surface area contributed by atoms with Crippen LogP contribution in [-0.4, -0.2) is 32.6 Å². The van der Waals surface area contributed by atoms with E-state index in [1.165, 1.54) is 0 Å². The summed E-state index contributed by atoms with van der Waals surface area (Å²) in [6.07, 6.45) is 9.67. The van der Waals surface area contributed by atoms with Crippen LogP contribution in [0.15, 0.2) is 42.7 Å². The molecule has 0 unspecified atom stereocenters. The van der Waals surface area contributed by atoms with E-state index in [0.717, 1.165) is 18.5 Å². The van der Waals surface area contributed by atoms with E-state index in [9.17, 15) is 4.79 Å². The molecule has 1 aliphatic carbocycles. The predicted molar refractivity (Wildman–Crippen MR) is 84.7 cm³/mol. The highest BCUT2D eigenvalue weighted by molar-refractivity contribution is 5.86. The zero-order chi connectivity index (χ0) is 16.1. The van der Waals surface area contributed by atoms with Crippen LogP contribution in [0.2, 0.25) is 0 Å². The molecule has 0 radical (unpaired) electrons. The summed E-state index contributed by atoms with van der Waals surface area (Å²) in [5.41, 5.74) is 1.10. The number of pyridine rings is 1. The van der Waals surface area contributed by atoms with Gasteiger partial charge in [-0.3, -0.25) is 4.98 Å². The monoisotopic (exact) mass is 312 g/mol. The Labute approximate surface area is 135 Å². The Balaban J connectivity index is 1.55. The first-order valence-electron chi connectivity index (χ1n) is 7.84. The molecule has 2 aromatic rings. The van der Waals surface area contributed by atoms with Crippen LogP contribution in [-0.2, 0) is 11.3 Å². The van der Waals surface area contributed by atoms with Gasteiger partial charge >= 0.3 is 5.97 Å². The van der Waals surface area contributed by atoms with Gasteiger partial charge < -0.3 is 4.74 Å². The number of allylic oxidation sites excluding steroid dienone is 2. The maximum atomic E-state index is 12.1. The fraction of sp³-hybridized carbons (Fsp3) is 0.412.